The Morgan fingerprint density at radius 3 is 2.31 bits per heavy atom. The van der Waals surface area contributed by atoms with Crippen molar-refractivity contribution in [2.24, 2.45) is 5.92 Å². The molecule has 6 rings (SSSR count). The quantitative estimate of drug-likeness (QED) is 0.273. The number of nitrogens with zero attached hydrogens (tertiary/aromatic N) is 4. The van der Waals surface area contributed by atoms with E-state index < -0.39 is 30.1 Å². The number of ether oxygens (including phenoxy) is 3. The van der Waals surface area contributed by atoms with Gasteiger partial charge in [-0.05, 0) is 88.8 Å². The van der Waals surface area contributed by atoms with Crippen LogP contribution in [-0.4, -0.2) is 126 Å². The molecule has 2 atom stereocenters. The van der Waals surface area contributed by atoms with Gasteiger partial charge in [0.15, 0.2) is 6.61 Å². The molecule has 2 unspecified atom stereocenters. The van der Waals surface area contributed by atoms with E-state index in [1.807, 2.05) is 13.0 Å². The van der Waals surface area contributed by atoms with E-state index in [1.54, 1.807) is 28.9 Å². The standard InChI is InChI=1S/C39H52N6O9/c1-3-52-39(51)44-19-17-43(18-20-44)38(50)29(14-15-35(47)54-23-26-7-4-8-26)42-36(48)31-22-33(28-13-12-25(2)21-30(28)41-31)53-24-34(46)45-16-6-11-32(45)37(49)40-27-9-5-10-27/h12-13,21-22,26-27,29,32H,3-11,14-20,23-24H2,1-2H3,(H,40,49)(H,42,48). The summed E-state index contributed by atoms with van der Waals surface area (Å²) in [6.45, 7) is 5.31. The summed E-state index contributed by atoms with van der Waals surface area (Å²) >= 11 is 0. The number of piperazine rings is 1. The Labute approximate surface area is 315 Å². The number of nitrogens with one attached hydrogen (secondary N) is 2. The molecule has 2 saturated heterocycles. The molecule has 5 amide bonds. The molecule has 0 spiro atoms. The number of carbonyl (C=O) groups is 6. The average Bonchev–Trinajstić information content (AvgIpc) is 3.63. The second-order valence-corrected chi connectivity index (χ2v) is 14.8. The topological polar surface area (TPSA) is 177 Å². The molecule has 15 heteroatoms. The van der Waals surface area contributed by atoms with E-state index in [9.17, 15) is 28.8 Å². The minimum Gasteiger partial charge on any atom is -0.483 e. The summed E-state index contributed by atoms with van der Waals surface area (Å²) in [4.78, 5) is 88.4. The third-order valence-electron chi connectivity index (χ3n) is 10.9. The number of amides is 5. The molecule has 1 aromatic heterocycles. The summed E-state index contributed by atoms with van der Waals surface area (Å²) in [6.07, 6.45) is 6.95. The van der Waals surface area contributed by atoms with Gasteiger partial charge in [-0.1, -0.05) is 12.5 Å². The average molecular weight is 749 g/mol. The highest BCUT2D eigenvalue weighted by Crippen LogP contribution is 2.29. The monoisotopic (exact) mass is 748 g/mol. The fraction of sp³-hybridized carbons (Fsp3) is 0.615. The van der Waals surface area contributed by atoms with E-state index >= 15 is 0 Å². The number of likely N-dealkylation sites (tertiary alicyclic amines) is 1. The van der Waals surface area contributed by atoms with Gasteiger partial charge in [0.1, 0.15) is 23.5 Å². The molecule has 3 heterocycles. The van der Waals surface area contributed by atoms with Gasteiger partial charge in [-0.15, -0.1) is 0 Å². The van der Waals surface area contributed by atoms with Gasteiger partial charge >= 0.3 is 12.1 Å². The Bertz CT molecular complexity index is 1720. The van der Waals surface area contributed by atoms with Crippen LogP contribution in [0, 0.1) is 12.8 Å². The number of esters is 1. The van der Waals surface area contributed by atoms with Crippen LogP contribution in [0.1, 0.15) is 87.2 Å². The van der Waals surface area contributed by atoms with Crippen molar-refractivity contribution >= 4 is 46.6 Å². The summed E-state index contributed by atoms with van der Waals surface area (Å²) in [5.74, 6) is -1.34. The number of rotatable bonds is 14. The van der Waals surface area contributed by atoms with Gasteiger partial charge in [0.25, 0.3) is 11.8 Å². The maximum Gasteiger partial charge on any atom is 0.409 e. The summed E-state index contributed by atoms with van der Waals surface area (Å²) < 4.78 is 16.6. The number of hydrogen-bond acceptors (Lipinski definition) is 10. The highest BCUT2D eigenvalue weighted by Gasteiger charge is 2.36. The largest absolute Gasteiger partial charge is 0.483 e. The van der Waals surface area contributed by atoms with Gasteiger partial charge in [0.2, 0.25) is 11.8 Å². The fourth-order valence-corrected chi connectivity index (χ4v) is 7.19. The number of aromatic nitrogens is 1. The first-order chi connectivity index (χ1) is 26.1. The molecule has 2 aromatic rings. The molecule has 2 aliphatic heterocycles. The second-order valence-electron chi connectivity index (χ2n) is 14.8. The Hall–Kier alpha value is -4.95. The first kappa shape index (κ1) is 38.8. The van der Waals surface area contributed by atoms with Crippen LogP contribution >= 0.6 is 0 Å². The minimum atomic E-state index is -1.08. The van der Waals surface area contributed by atoms with Gasteiger partial charge in [0.05, 0.1) is 18.7 Å². The van der Waals surface area contributed by atoms with Crippen LogP contribution in [0.15, 0.2) is 24.3 Å². The molecule has 2 aliphatic carbocycles. The summed E-state index contributed by atoms with van der Waals surface area (Å²) in [5.41, 5.74) is 1.32. The van der Waals surface area contributed by atoms with Crippen molar-refractivity contribution < 1.29 is 43.0 Å². The van der Waals surface area contributed by atoms with Crippen molar-refractivity contribution in [2.75, 3.05) is 52.5 Å². The van der Waals surface area contributed by atoms with Crippen molar-refractivity contribution in [2.45, 2.75) is 96.2 Å². The molecule has 2 saturated carbocycles. The van der Waals surface area contributed by atoms with Crippen LogP contribution in [0.25, 0.3) is 10.9 Å². The summed E-state index contributed by atoms with van der Waals surface area (Å²) in [5, 5.41) is 6.45. The molecular weight excluding hydrogens is 696 g/mol. The van der Waals surface area contributed by atoms with E-state index in [4.69, 9.17) is 14.2 Å². The zero-order valence-electron chi connectivity index (χ0n) is 31.3. The molecule has 54 heavy (non-hydrogen) atoms. The molecule has 15 nitrogen and oxygen atoms in total. The molecule has 1 aromatic carbocycles. The summed E-state index contributed by atoms with van der Waals surface area (Å²) in [7, 11) is 0. The van der Waals surface area contributed by atoms with Crippen molar-refractivity contribution in [1.82, 2.24) is 30.3 Å². The molecule has 292 valence electrons. The lowest BCUT2D eigenvalue weighted by atomic mass is 9.86. The van der Waals surface area contributed by atoms with Crippen LogP contribution in [0.3, 0.4) is 0 Å². The SMILES string of the molecule is CCOC(=O)N1CCN(C(=O)C(CCC(=O)OCC2CCC2)NC(=O)c2cc(OCC(=O)N3CCCC3C(=O)NC3CCC3)c3ccc(C)cc3n2)CC1. The number of benzene rings is 1. The fourth-order valence-electron chi connectivity index (χ4n) is 7.19. The van der Waals surface area contributed by atoms with E-state index in [2.05, 4.69) is 15.6 Å². The number of aryl methyl sites for hydroxylation is 1. The number of pyridine rings is 1. The van der Waals surface area contributed by atoms with Gasteiger partial charge in [-0.25, -0.2) is 9.78 Å². The molecule has 4 fully saturated rings. The first-order valence-electron chi connectivity index (χ1n) is 19.4. The second kappa shape index (κ2) is 17.9. The van der Waals surface area contributed by atoms with Crippen molar-refractivity contribution in [1.29, 1.82) is 0 Å². The zero-order valence-corrected chi connectivity index (χ0v) is 31.3. The maximum absolute atomic E-state index is 13.9. The third kappa shape index (κ3) is 9.58. The van der Waals surface area contributed by atoms with Crippen LogP contribution in [0.2, 0.25) is 0 Å². The lowest BCUT2D eigenvalue weighted by molar-refractivity contribution is -0.146. The van der Waals surface area contributed by atoms with Crippen LogP contribution in [-0.2, 0) is 28.7 Å². The first-order valence-corrected chi connectivity index (χ1v) is 19.4. The molecule has 0 bridgehead atoms. The molecule has 0 radical (unpaired) electrons. The smallest absolute Gasteiger partial charge is 0.409 e. The van der Waals surface area contributed by atoms with E-state index in [0.29, 0.717) is 36.4 Å². The molecular formula is C39H52N6O9. The van der Waals surface area contributed by atoms with Crippen LogP contribution < -0.4 is 15.4 Å². The molecule has 4 aliphatic rings. The number of hydrogen-bond donors (Lipinski definition) is 2. The predicted molar refractivity (Wildman–Crippen MR) is 196 cm³/mol. The highest BCUT2D eigenvalue weighted by molar-refractivity contribution is 5.99. The number of fused-ring (bicyclic) bond motifs is 1. The lowest BCUT2D eigenvalue weighted by Gasteiger charge is -2.36. The van der Waals surface area contributed by atoms with Gasteiger partial charge < -0.3 is 39.5 Å². The van der Waals surface area contributed by atoms with E-state index in [1.165, 1.54) is 11.0 Å². The third-order valence-corrected chi connectivity index (χ3v) is 10.9. The highest BCUT2D eigenvalue weighted by atomic mass is 16.6. The van der Waals surface area contributed by atoms with Crippen molar-refractivity contribution in [3.8, 4) is 5.75 Å². The Balaban J connectivity index is 1.15. The van der Waals surface area contributed by atoms with Gasteiger partial charge in [-0.3, -0.25) is 24.0 Å². The van der Waals surface area contributed by atoms with Crippen LogP contribution in [0.4, 0.5) is 4.79 Å². The van der Waals surface area contributed by atoms with Gasteiger partial charge in [-0.2, -0.15) is 0 Å². The van der Waals surface area contributed by atoms with E-state index in [0.717, 1.165) is 50.5 Å². The maximum atomic E-state index is 13.9. The van der Waals surface area contributed by atoms with Gasteiger partial charge in [0, 0.05) is 56.6 Å². The summed E-state index contributed by atoms with van der Waals surface area (Å²) in [6, 6.07) is 5.47. The Kier molecular flexibility index (Phi) is 12.9. The molecule has 2 N–H and O–H groups in total. The minimum absolute atomic E-state index is 0.00202. The predicted octanol–water partition coefficient (Wildman–Crippen LogP) is 3.10. The van der Waals surface area contributed by atoms with Crippen molar-refractivity contribution in [3.63, 3.8) is 0 Å². The normalized spacial score (nSPS) is 19.4. The van der Waals surface area contributed by atoms with E-state index in [-0.39, 0.29) is 87.4 Å². The Morgan fingerprint density at radius 1 is 0.889 bits per heavy atom. The lowest BCUT2D eigenvalue weighted by Crippen LogP contribution is -2.56. The van der Waals surface area contributed by atoms with Crippen LogP contribution in [0.5, 0.6) is 5.75 Å². The zero-order chi connectivity index (χ0) is 38.2. The Morgan fingerprint density at radius 2 is 1.63 bits per heavy atom. The van der Waals surface area contributed by atoms with Crippen molar-refractivity contribution in [3.05, 3.63) is 35.5 Å². The number of carbonyl (C=O) groups excluding carboxylic acids is 6.